The van der Waals surface area contributed by atoms with Crippen molar-refractivity contribution in [2.24, 2.45) is 0 Å². The fourth-order valence-electron chi connectivity index (χ4n) is 4.43. The lowest BCUT2D eigenvalue weighted by molar-refractivity contribution is 0.105. The molecule has 1 N–H and O–H groups in total. The van der Waals surface area contributed by atoms with Crippen molar-refractivity contribution in [1.82, 2.24) is 35.0 Å². The summed E-state index contributed by atoms with van der Waals surface area (Å²) < 4.78 is 12.7. The molecule has 4 rings (SSSR count). The third-order valence-electron chi connectivity index (χ3n) is 6.26. The highest BCUT2D eigenvalue weighted by Gasteiger charge is 2.34. The van der Waals surface area contributed by atoms with Crippen molar-refractivity contribution in [3.63, 3.8) is 0 Å². The van der Waals surface area contributed by atoms with Crippen LogP contribution in [0.2, 0.25) is 0 Å². The Morgan fingerprint density at radius 3 is 2.33 bits per heavy atom. The molecule has 1 aliphatic heterocycles. The summed E-state index contributed by atoms with van der Waals surface area (Å²) in [5, 5.41) is 13.5. The quantitative estimate of drug-likeness (QED) is 0.602. The number of aromatic nitrogens is 5. The molecule has 1 saturated heterocycles. The number of piperazine rings is 1. The van der Waals surface area contributed by atoms with E-state index in [0.29, 0.717) is 28.4 Å². The minimum atomic E-state index is -0.375. The van der Waals surface area contributed by atoms with Crippen LogP contribution in [0.4, 0.5) is 0 Å². The highest BCUT2D eigenvalue weighted by atomic mass is 16.5. The summed E-state index contributed by atoms with van der Waals surface area (Å²) >= 11 is 0. The van der Waals surface area contributed by atoms with Gasteiger partial charge in [-0.3, -0.25) is 9.69 Å². The summed E-state index contributed by atoms with van der Waals surface area (Å²) in [5.74, 6) is 1.84. The van der Waals surface area contributed by atoms with Crippen molar-refractivity contribution in [3.05, 3.63) is 39.9 Å². The minimum absolute atomic E-state index is 0.166. The molecule has 2 aromatic heterocycles. The average molecular weight is 456 g/mol. The first-order valence-corrected chi connectivity index (χ1v) is 11.3. The Bertz CT molecular complexity index is 1170. The number of nitrogens with one attached hydrogen (secondary N) is 1. The van der Waals surface area contributed by atoms with E-state index in [1.807, 2.05) is 16.8 Å². The number of aromatic amines is 1. The van der Waals surface area contributed by atoms with Crippen molar-refractivity contribution >= 4 is 10.9 Å². The molecule has 178 valence electrons. The number of methoxy groups -OCH3 is 2. The number of rotatable bonds is 6. The van der Waals surface area contributed by atoms with E-state index < -0.39 is 0 Å². The Kier molecular flexibility index (Phi) is 6.40. The van der Waals surface area contributed by atoms with Gasteiger partial charge in [0.15, 0.2) is 17.3 Å². The molecule has 33 heavy (non-hydrogen) atoms. The van der Waals surface area contributed by atoms with E-state index >= 15 is 0 Å². The van der Waals surface area contributed by atoms with Crippen LogP contribution in [0.25, 0.3) is 10.9 Å². The Labute approximate surface area is 193 Å². The molecule has 0 bridgehead atoms. The van der Waals surface area contributed by atoms with Crippen LogP contribution in [0.1, 0.15) is 45.1 Å². The van der Waals surface area contributed by atoms with Crippen molar-refractivity contribution in [2.75, 3.05) is 46.9 Å². The summed E-state index contributed by atoms with van der Waals surface area (Å²) in [7, 11) is 3.18. The zero-order valence-corrected chi connectivity index (χ0v) is 20.3. The first kappa shape index (κ1) is 23.2. The first-order valence-electron chi connectivity index (χ1n) is 11.3. The number of nitrogens with zero attached hydrogens (tertiary/aromatic N) is 6. The van der Waals surface area contributed by atoms with Crippen molar-refractivity contribution in [2.45, 2.75) is 39.3 Å². The molecule has 3 heterocycles. The second kappa shape index (κ2) is 9.11. The molecule has 0 radical (unpaired) electrons. The Balaban J connectivity index is 1.88. The summed E-state index contributed by atoms with van der Waals surface area (Å²) in [6.07, 6.45) is 0. The average Bonchev–Trinajstić information content (AvgIpc) is 3.29. The third-order valence-corrected chi connectivity index (χ3v) is 6.26. The Morgan fingerprint density at radius 1 is 1.06 bits per heavy atom. The summed E-state index contributed by atoms with van der Waals surface area (Å²) in [4.78, 5) is 21.2. The molecule has 1 fully saturated rings. The Morgan fingerprint density at radius 2 is 1.73 bits per heavy atom. The van der Waals surface area contributed by atoms with Crippen LogP contribution >= 0.6 is 0 Å². The summed E-state index contributed by atoms with van der Waals surface area (Å²) in [6, 6.07) is 5.22. The number of benzene rings is 1. The van der Waals surface area contributed by atoms with E-state index in [1.165, 1.54) is 0 Å². The van der Waals surface area contributed by atoms with Gasteiger partial charge in [-0.2, -0.15) is 0 Å². The second-order valence-electron chi connectivity index (χ2n) is 9.34. The maximum Gasteiger partial charge on any atom is 0.253 e. The van der Waals surface area contributed by atoms with Gasteiger partial charge in [0, 0.05) is 43.2 Å². The van der Waals surface area contributed by atoms with E-state index in [2.05, 4.69) is 58.0 Å². The maximum absolute atomic E-state index is 13.4. The molecular formula is C23H33N7O3. The van der Waals surface area contributed by atoms with Gasteiger partial charge in [-0.25, -0.2) is 4.68 Å². The zero-order valence-electron chi connectivity index (χ0n) is 20.3. The smallest absolute Gasteiger partial charge is 0.253 e. The summed E-state index contributed by atoms with van der Waals surface area (Å²) in [6.45, 7) is 12.8. The monoisotopic (exact) mass is 455 g/mol. The van der Waals surface area contributed by atoms with Gasteiger partial charge >= 0.3 is 0 Å². The van der Waals surface area contributed by atoms with Crippen LogP contribution in [0.15, 0.2) is 23.0 Å². The molecule has 10 nitrogen and oxygen atoms in total. The molecule has 1 aromatic carbocycles. The lowest BCUT2D eigenvalue weighted by Gasteiger charge is -2.39. The van der Waals surface area contributed by atoms with E-state index in [-0.39, 0.29) is 17.1 Å². The number of tetrazole rings is 1. The fourth-order valence-corrected chi connectivity index (χ4v) is 4.43. The van der Waals surface area contributed by atoms with Gasteiger partial charge in [-0.15, -0.1) is 5.10 Å². The van der Waals surface area contributed by atoms with E-state index in [4.69, 9.17) is 9.47 Å². The largest absolute Gasteiger partial charge is 0.493 e. The van der Waals surface area contributed by atoms with Crippen LogP contribution in [-0.2, 0) is 5.54 Å². The molecule has 1 aliphatic rings. The van der Waals surface area contributed by atoms with Gasteiger partial charge in [0.2, 0.25) is 0 Å². The Hall–Kier alpha value is -2.98. The maximum atomic E-state index is 13.4. The van der Waals surface area contributed by atoms with Crippen LogP contribution in [-0.4, -0.2) is 81.9 Å². The second-order valence-corrected chi connectivity index (χ2v) is 9.34. The van der Waals surface area contributed by atoms with Crippen LogP contribution in [0.5, 0.6) is 11.5 Å². The van der Waals surface area contributed by atoms with Gasteiger partial charge in [-0.05, 0) is 49.9 Å². The lowest BCUT2D eigenvalue weighted by atomic mass is 10.0. The van der Waals surface area contributed by atoms with E-state index in [0.717, 1.165) is 38.1 Å². The minimum Gasteiger partial charge on any atom is -0.493 e. The van der Waals surface area contributed by atoms with Gasteiger partial charge < -0.3 is 19.4 Å². The molecule has 0 amide bonds. The van der Waals surface area contributed by atoms with Crippen LogP contribution in [0, 0.1) is 0 Å². The van der Waals surface area contributed by atoms with Crippen LogP contribution in [0.3, 0.4) is 0 Å². The standard InChI is InChI=1S/C23H33N7O3/c1-7-28-8-10-29(11-9-28)20(21-25-26-27-30(21)23(2,3)4)16-12-15-13-18(32-5)19(33-6)14-17(15)24-22(16)31/h12-14,20H,7-11H2,1-6H3,(H,24,31). The van der Waals surface area contributed by atoms with Crippen LogP contribution < -0.4 is 15.0 Å². The lowest BCUT2D eigenvalue weighted by Crippen LogP contribution is -2.49. The van der Waals surface area contributed by atoms with Gasteiger partial charge in [0.05, 0.1) is 25.3 Å². The summed E-state index contributed by atoms with van der Waals surface area (Å²) in [5.41, 5.74) is 0.801. The predicted octanol–water partition coefficient (Wildman–Crippen LogP) is 2.01. The van der Waals surface area contributed by atoms with Crippen molar-refractivity contribution in [3.8, 4) is 11.5 Å². The molecule has 1 atom stereocenters. The zero-order chi connectivity index (χ0) is 23.8. The molecule has 0 saturated carbocycles. The highest BCUT2D eigenvalue weighted by molar-refractivity contribution is 5.83. The number of H-pyrrole nitrogens is 1. The number of hydrogen-bond donors (Lipinski definition) is 1. The first-order chi connectivity index (χ1) is 15.8. The predicted molar refractivity (Wildman–Crippen MR) is 126 cm³/mol. The normalized spacial score (nSPS) is 16.8. The van der Waals surface area contributed by atoms with Gasteiger partial charge in [0.1, 0.15) is 6.04 Å². The van der Waals surface area contributed by atoms with Crippen molar-refractivity contribution in [1.29, 1.82) is 0 Å². The molecule has 3 aromatic rings. The SMILES string of the molecule is CCN1CCN(C(c2cc3cc(OC)c(OC)cc3[nH]c2=O)c2nnnn2C(C)(C)C)CC1. The van der Waals surface area contributed by atoms with E-state index in [9.17, 15) is 4.79 Å². The number of pyridine rings is 1. The molecule has 1 unspecified atom stereocenters. The number of hydrogen-bond acceptors (Lipinski definition) is 8. The van der Waals surface area contributed by atoms with Crippen molar-refractivity contribution < 1.29 is 9.47 Å². The number of likely N-dealkylation sites (N-methyl/N-ethyl adjacent to an activating group) is 1. The van der Waals surface area contributed by atoms with Gasteiger partial charge in [-0.1, -0.05) is 6.92 Å². The van der Waals surface area contributed by atoms with E-state index in [1.54, 1.807) is 20.3 Å². The topological polar surface area (TPSA) is 101 Å². The van der Waals surface area contributed by atoms with Gasteiger partial charge in [0.25, 0.3) is 5.56 Å². The fraction of sp³-hybridized carbons (Fsp3) is 0.565. The molecular weight excluding hydrogens is 422 g/mol. The molecule has 0 spiro atoms. The molecule has 0 aliphatic carbocycles. The number of fused-ring (bicyclic) bond motifs is 1. The third kappa shape index (κ3) is 4.45. The highest BCUT2D eigenvalue weighted by Crippen LogP contribution is 2.34. The molecule has 10 heteroatoms. The number of ether oxygens (including phenoxy) is 2.